The lowest BCUT2D eigenvalue weighted by molar-refractivity contribution is 0.482. The Morgan fingerprint density at radius 2 is 1.50 bits per heavy atom. The Balaban J connectivity index is 1.68. The van der Waals surface area contributed by atoms with Gasteiger partial charge in [-0.25, -0.2) is 9.97 Å². The normalized spacial score (nSPS) is 10.2. The van der Waals surface area contributed by atoms with E-state index in [-0.39, 0.29) is 0 Å². The molecule has 0 aliphatic rings. The maximum absolute atomic E-state index is 5.87. The van der Waals surface area contributed by atoms with Crippen molar-refractivity contribution in [3.63, 3.8) is 0 Å². The highest BCUT2D eigenvalue weighted by atomic mass is 16.5. The second-order valence-corrected chi connectivity index (χ2v) is 5.56. The lowest BCUT2D eigenvalue weighted by Crippen LogP contribution is -1.90. The lowest BCUT2D eigenvalue weighted by Gasteiger charge is -2.07. The first-order chi connectivity index (χ1) is 11.7. The zero-order chi connectivity index (χ0) is 16.8. The van der Waals surface area contributed by atoms with Gasteiger partial charge in [0.05, 0.1) is 0 Å². The molecule has 3 aromatic rings. The van der Waals surface area contributed by atoms with Crippen molar-refractivity contribution in [3.05, 3.63) is 72.1 Å². The Hall–Kier alpha value is -3.12. The molecule has 24 heavy (non-hydrogen) atoms. The van der Waals surface area contributed by atoms with Gasteiger partial charge < -0.3 is 4.74 Å². The van der Waals surface area contributed by atoms with E-state index >= 15 is 0 Å². The van der Waals surface area contributed by atoms with Crippen LogP contribution in [-0.4, -0.2) is 9.97 Å². The summed E-state index contributed by atoms with van der Waals surface area (Å²) in [5, 5.41) is 0. The average molecular weight is 314 g/mol. The van der Waals surface area contributed by atoms with E-state index in [4.69, 9.17) is 11.2 Å². The highest BCUT2D eigenvalue weighted by Gasteiger charge is 2.02. The van der Waals surface area contributed by atoms with E-state index < -0.39 is 0 Å². The van der Waals surface area contributed by atoms with Crippen LogP contribution >= 0.6 is 0 Å². The molecule has 0 aliphatic carbocycles. The van der Waals surface area contributed by atoms with Crippen LogP contribution < -0.4 is 4.74 Å². The van der Waals surface area contributed by atoms with Crippen LogP contribution in [0.2, 0.25) is 0 Å². The molecule has 0 N–H and O–H groups in total. The number of hydrogen-bond donors (Lipinski definition) is 0. The monoisotopic (exact) mass is 314 g/mol. The summed E-state index contributed by atoms with van der Waals surface area (Å²) < 4.78 is 5.87. The molecule has 3 heteroatoms. The van der Waals surface area contributed by atoms with Crippen molar-refractivity contribution in [2.45, 2.75) is 19.8 Å². The smallest absolute Gasteiger partial charge is 0.159 e. The molecule has 3 nitrogen and oxygen atoms in total. The van der Waals surface area contributed by atoms with Crippen LogP contribution in [0.4, 0.5) is 0 Å². The molecule has 0 radical (unpaired) electrons. The van der Waals surface area contributed by atoms with Crippen molar-refractivity contribution >= 4 is 0 Å². The molecule has 0 amide bonds. The summed E-state index contributed by atoms with van der Waals surface area (Å²) in [6, 6.07) is 15.8. The van der Waals surface area contributed by atoms with E-state index in [1.54, 1.807) is 0 Å². The topological polar surface area (TPSA) is 35.0 Å². The largest absolute Gasteiger partial charge is 0.457 e. The van der Waals surface area contributed by atoms with Crippen molar-refractivity contribution in [1.82, 2.24) is 9.97 Å². The van der Waals surface area contributed by atoms with E-state index in [9.17, 15) is 0 Å². The quantitative estimate of drug-likeness (QED) is 0.634. The van der Waals surface area contributed by atoms with Crippen LogP contribution in [0, 0.1) is 19.3 Å². The summed E-state index contributed by atoms with van der Waals surface area (Å²) in [5.74, 6) is 4.95. The molecule has 1 aromatic heterocycles. The van der Waals surface area contributed by atoms with Crippen molar-refractivity contribution in [3.8, 4) is 35.2 Å². The van der Waals surface area contributed by atoms with Crippen LogP contribution in [0.25, 0.3) is 11.4 Å². The molecular weight excluding hydrogens is 296 g/mol. The summed E-state index contributed by atoms with van der Waals surface area (Å²) in [5.41, 5.74) is 3.23. The predicted octanol–water partition coefficient (Wildman–Crippen LogP) is 4.81. The third kappa shape index (κ3) is 3.99. The first-order valence-corrected chi connectivity index (χ1v) is 7.84. The Bertz CT molecular complexity index is 829. The van der Waals surface area contributed by atoms with Crippen LogP contribution in [-0.2, 0) is 6.42 Å². The number of ether oxygens (including phenoxy) is 1. The second-order valence-electron chi connectivity index (χ2n) is 5.56. The van der Waals surface area contributed by atoms with Gasteiger partial charge in [-0.1, -0.05) is 12.1 Å². The third-order valence-corrected chi connectivity index (χ3v) is 3.61. The summed E-state index contributed by atoms with van der Waals surface area (Å²) in [6.07, 6.45) is 10.6. The van der Waals surface area contributed by atoms with Crippen LogP contribution in [0.1, 0.15) is 17.5 Å². The molecule has 0 aliphatic heterocycles. The minimum Gasteiger partial charge on any atom is -0.457 e. The predicted molar refractivity (Wildman–Crippen MR) is 95.9 cm³/mol. The number of benzene rings is 2. The highest BCUT2D eigenvalue weighted by Crippen LogP contribution is 2.24. The van der Waals surface area contributed by atoms with Crippen molar-refractivity contribution in [2.75, 3.05) is 0 Å². The lowest BCUT2D eigenvalue weighted by atomic mass is 10.1. The minimum atomic E-state index is 0.713. The third-order valence-electron chi connectivity index (χ3n) is 3.61. The Morgan fingerprint density at radius 1 is 0.917 bits per heavy atom. The molecule has 0 atom stereocenters. The zero-order valence-corrected chi connectivity index (χ0v) is 13.6. The van der Waals surface area contributed by atoms with Gasteiger partial charge in [-0.3, -0.25) is 0 Å². The number of aromatic nitrogens is 2. The standard InChI is InChI=1S/C21H18N2O/c1-3-4-5-17-6-10-19(11-7-17)24-20-12-8-18(9-13-20)21-22-14-16(2)15-23-21/h1,6-15H,4-5H2,2H3. The fourth-order valence-corrected chi connectivity index (χ4v) is 2.29. The van der Waals surface area contributed by atoms with Gasteiger partial charge in [0.25, 0.3) is 0 Å². The van der Waals surface area contributed by atoms with Crippen LogP contribution in [0.5, 0.6) is 11.5 Å². The minimum absolute atomic E-state index is 0.713. The van der Waals surface area contributed by atoms with E-state index in [1.807, 2.05) is 67.8 Å². The number of nitrogens with zero attached hydrogens (tertiary/aromatic N) is 2. The number of aryl methyl sites for hydroxylation is 2. The number of hydrogen-bond acceptors (Lipinski definition) is 3. The van der Waals surface area contributed by atoms with Gasteiger partial charge in [0.2, 0.25) is 0 Å². The van der Waals surface area contributed by atoms with Gasteiger partial charge in [-0.05, 0) is 60.9 Å². The van der Waals surface area contributed by atoms with E-state index in [2.05, 4.69) is 15.9 Å². The van der Waals surface area contributed by atoms with Gasteiger partial charge >= 0.3 is 0 Å². The maximum atomic E-state index is 5.87. The van der Waals surface area contributed by atoms with Gasteiger partial charge in [0, 0.05) is 24.4 Å². The van der Waals surface area contributed by atoms with Gasteiger partial charge in [0.15, 0.2) is 5.82 Å². The zero-order valence-electron chi connectivity index (χ0n) is 13.6. The molecule has 2 aromatic carbocycles. The van der Waals surface area contributed by atoms with E-state index in [1.165, 1.54) is 5.56 Å². The van der Waals surface area contributed by atoms with Gasteiger partial charge in [0.1, 0.15) is 11.5 Å². The molecule has 1 heterocycles. The van der Waals surface area contributed by atoms with Crippen LogP contribution in [0.3, 0.4) is 0 Å². The molecule has 0 saturated heterocycles. The fraction of sp³-hybridized carbons (Fsp3) is 0.143. The molecule has 0 spiro atoms. The van der Waals surface area contributed by atoms with E-state index in [0.717, 1.165) is 35.5 Å². The first kappa shape index (κ1) is 15.8. The van der Waals surface area contributed by atoms with Crippen LogP contribution in [0.15, 0.2) is 60.9 Å². The molecular formula is C21H18N2O. The molecule has 3 rings (SSSR count). The second kappa shape index (κ2) is 7.43. The Morgan fingerprint density at radius 3 is 2.08 bits per heavy atom. The maximum Gasteiger partial charge on any atom is 0.159 e. The Kier molecular flexibility index (Phi) is 4.88. The molecule has 118 valence electrons. The SMILES string of the molecule is C#CCCc1ccc(Oc2ccc(-c3ncc(C)cn3)cc2)cc1. The van der Waals surface area contributed by atoms with E-state index in [0.29, 0.717) is 5.82 Å². The molecule has 0 fully saturated rings. The van der Waals surface area contributed by atoms with Gasteiger partial charge in [-0.2, -0.15) is 0 Å². The summed E-state index contributed by atoms with van der Waals surface area (Å²) in [6.45, 7) is 1.97. The highest BCUT2D eigenvalue weighted by molar-refractivity contribution is 5.56. The molecule has 0 unspecified atom stereocenters. The summed E-state index contributed by atoms with van der Waals surface area (Å²) >= 11 is 0. The van der Waals surface area contributed by atoms with Crippen molar-refractivity contribution < 1.29 is 4.74 Å². The average Bonchev–Trinajstić information content (AvgIpc) is 2.63. The van der Waals surface area contributed by atoms with Gasteiger partial charge in [-0.15, -0.1) is 12.3 Å². The number of terminal acetylenes is 1. The Labute approximate surface area is 142 Å². The van der Waals surface area contributed by atoms with Crippen molar-refractivity contribution in [2.24, 2.45) is 0 Å². The summed E-state index contributed by atoms with van der Waals surface area (Å²) in [7, 11) is 0. The molecule has 0 bridgehead atoms. The summed E-state index contributed by atoms with van der Waals surface area (Å²) in [4.78, 5) is 8.66. The number of rotatable bonds is 5. The fourth-order valence-electron chi connectivity index (χ4n) is 2.29. The first-order valence-electron chi connectivity index (χ1n) is 7.84. The van der Waals surface area contributed by atoms with Crippen molar-refractivity contribution in [1.29, 1.82) is 0 Å². The molecule has 0 saturated carbocycles.